The number of nitrogens with zero attached hydrogens (tertiary/aromatic N) is 1. The van der Waals surface area contributed by atoms with Crippen LogP contribution < -0.4 is 15.8 Å². The topological polar surface area (TPSA) is 63.7 Å². The lowest BCUT2D eigenvalue weighted by Crippen LogP contribution is -2.09. The van der Waals surface area contributed by atoms with Gasteiger partial charge in [0.2, 0.25) is 10.9 Å². The summed E-state index contributed by atoms with van der Waals surface area (Å²) < 4.78 is 11.9. The summed E-state index contributed by atoms with van der Waals surface area (Å²) in [5, 5.41) is 1.72. The van der Waals surface area contributed by atoms with E-state index in [1.54, 1.807) is 36.4 Å². The van der Waals surface area contributed by atoms with Gasteiger partial charge >= 0.3 is 0 Å². The van der Waals surface area contributed by atoms with E-state index in [1.165, 1.54) is 0 Å². The van der Waals surface area contributed by atoms with Gasteiger partial charge in [-0.2, -0.15) is 0 Å². The SMILES string of the molecule is CN(C)c1ccc2c(=O)c3cc4c(=O)c5ccccc5oc4cc3oc2c1. The maximum atomic E-state index is 13.0. The Labute approximate surface area is 153 Å². The summed E-state index contributed by atoms with van der Waals surface area (Å²) in [4.78, 5) is 27.7. The molecule has 0 bridgehead atoms. The van der Waals surface area contributed by atoms with Crippen molar-refractivity contribution < 1.29 is 8.83 Å². The minimum atomic E-state index is -0.161. The molecule has 0 aliphatic rings. The highest BCUT2D eigenvalue weighted by molar-refractivity contribution is 6.00. The van der Waals surface area contributed by atoms with Crippen LogP contribution in [0.5, 0.6) is 0 Å². The van der Waals surface area contributed by atoms with Crippen LogP contribution >= 0.6 is 0 Å². The normalized spacial score (nSPS) is 11.6. The van der Waals surface area contributed by atoms with Gasteiger partial charge < -0.3 is 13.7 Å². The van der Waals surface area contributed by atoms with Gasteiger partial charge in [0.05, 0.1) is 21.5 Å². The van der Waals surface area contributed by atoms with E-state index in [4.69, 9.17) is 8.83 Å². The summed E-state index contributed by atoms with van der Waals surface area (Å²) in [6, 6.07) is 15.7. The molecule has 0 unspecified atom stereocenters. The van der Waals surface area contributed by atoms with Crippen LogP contribution in [-0.4, -0.2) is 14.1 Å². The molecule has 27 heavy (non-hydrogen) atoms. The Morgan fingerprint density at radius 3 is 1.93 bits per heavy atom. The van der Waals surface area contributed by atoms with E-state index in [1.807, 2.05) is 37.2 Å². The number of anilines is 1. The van der Waals surface area contributed by atoms with Crippen LogP contribution in [-0.2, 0) is 0 Å². The third kappa shape index (κ3) is 2.25. The van der Waals surface area contributed by atoms with Gasteiger partial charge in [0.25, 0.3) is 0 Å². The van der Waals surface area contributed by atoms with Crippen molar-refractivity contribution in [1.82, 2.24) is 0 Å². The van der Waals surface area contributed by atoms with Gasteiger partial charge in [-0.15, -0.1) is 0 Å². The van der Waals surface area contributed by atoms with E-state index in [-0.39, 0.29) is 10.9 Å². The molecular formula is C22H15NO4. The molecule has 5 aromatic rings. The first-order valence-corrected chi connectivity index (χ1v) is 8.56. The van der Waals surface area contributed by atoms with Crippen molar-refractivity contribution in [2.45, 2.75) is 0 Å². The zero-order valence-electron chi connectivity index (χ0n) is 14.8. The van der Waals surface area contributed by atoms with Crippen molar-refractivity contribution in [1.29, 1.82) is 0 Å². The smallest absolute Gasteiger partial charge is 0.200 e. The molecule has 0 aliphatic heterocycles. The van der Waals surface area contributed by atoms with Crippen LogP contribution in [0.25, 0.3) is 43.9 Å². The van der Waals surface area contributed by atoms with Gasteiger partial charge in [-0.1, -0.05) is 12.1 Å². The number of fused-ring (bicyclic) bond motifs is 4. The van der Waals surface area contributed by atoms with Gasteiger partial charge in [-0.05, 0) is 30.3 Å². The molecule has 5 rings (SSSR count). The Morgan fingerprint density at radius 2 is 1.22 bits per heavy atom. The van der Waals surface area contributed by atoms with Crippen molar-refractivity contribution in [3.05, 3.63) is 75.0 Å². The average molecular weight is 357 g/mol. The lowest BCUT2D eigenvalue weighted by molar-refractivity contribution is 0.646. The molecule has 0 saturated carbocycles. The molecule has 0 amide bonds. The Bertz CT molecular complexity index is 1490. The number of rotatable bonds is 1. The monoisotopic (exact) mass is 357 g/mol. The number of para-hydroxylation sites is 1. The third-order valence-corrected chi connectivity index (χ3v) is 4.87. The van der Waals surface area contributed by atoms with Crippen molar-refractivity contribution in [2.75, 3.05) is 19.0 Å². The Hall–Kier alpha value is -3.60. The fourth-order valence-electron chi connectivity index (χ4n) is 3.42. The first-order valence-electron chi connectivity index (χ1n) is 8.56. The van der Waals surface area contributed by atoms with Crippen molar-refractivity contribution in [3.63, 3.8) is 0 Å². The summed E-state index contributed by atoms with van der Waals surface area (Å²) in [5.41, 5.74) is 2.42. The minimum absolute atomic E-state index is 0.156. The summed E-state index contributed by atoms with van der Waals surface area (Å²) in [6.07, 6.45) is 0. The molecule has 0 fully saturated rings. The van der Waals surface area contributed by atoms with Crippen molar-refractivity contribution >= 4 is 49.6 Å². The second-order valence-electron chi connectivity index (χ2n) is 6.78. The maximum Gasteiger partial charge on any atom is 0.200 e. The summed E-state index contributed by atoms with van der Waals surface area (Å²) in [6.45, 7) is 0. The van der Waals surface area contributed by atoms with Crippen LogP contribution in [0.4, 0.5) is 5.69 Å². The zero-order valence-corrected chi connectivity index (χ0v) is 14.8. The van der Waals surface area contributed by atoms with Crippen LogP contribution in [0.3, 0.4) is 0 Å². The molecule has 0 N–H and O–H groups in total. The van der Waals surface area contributed by atoms with E-state index < -0.39 is 0 Å². The average Bonchev–Trinajstić information content (AvgIpc) is 2.67. The van der Waals surface area contributed by atoms with Crippen molar-refractivity contribution in [3.8, 4) is 0 Å². The van der Waals surface area contributed by atoms with Crippen LogP contribution in [0.2, 0.25) is 0 Å². The van der Waals surface area contributed by atoms with E-state index in [0.29, 0.717) is 43.9 Å². The fraction of sp³-hybridized carbons (Fsp3) is 0.0909. The van der Waals surface area contributed by atoms with Gasteiger partial charge in [0, 0.05) is 31.9 Å². The molecule has 0 radical (unpaired) electrons. The molecule has 5 nitrogen and oxygen atoms in total. The minimum Gasteiger partial charge on any atom is -0.456 e. The molecule has 0 saturated heterocycles. The largest absolute Gasteiger partial charge is 0.456 e. The van der Waals surface area contributed by atoms with Crippen LogP contribution in [0, 0.1) is 0 Å². The number of benzene rings is 3. The van der Waals surface area contributed by atoms with Gasteiger partial charge in [0.1, 0.15) is 22.3 Å². The van der Waals surface area contributed by atoms with Crippen LogP contribution in [0.15, 0.2) is 73.0 Å². The summed E-state index contributed by atoms with van der Waals surface area (Å²) >= 11 is 0. The maximum absolute atomic E-state index is 13.0. The highest BCUT2D eigenvalue weighted by Gasteiger charge is 2.14. The Balaban J connectivity index is 1.94. The quantitative estimate of drug-likeness (QED) is 0.419. The molecule has 2 aromatic heterocycles. The van der Waals surface area contributed by atoms with E-state index >= 15 is 0 Å². The van der Waals surface area contributed by atoms with Crippen LogP contribution in [0.1, 0.15) is 0 Å². The number of hydrogen-bond donors (Lipinski definition) is 0. The van der Waals surface area contributed by atoms with Gasteiger partial charge in [-0.25, -0.2) is 0 Å². The van der Waals surface area contributed by atoms with Crippen molar-refractivity contribution in [2.24, 2.45) is 0 Å². The number of hydrogen-bond acceptors (Lipinski definition) is 5. The summed E-state index contributed by atoms with van der Waals surface area (Å²) in [7, 11) is 3.85. The molecule has 5 heteroatoms. The van der Waals surface area contributed by atoms with E-state index in [2.05, 4.69) is 0 Å². The highest BCUT2D eigenvalue weighted by Crippen LogP contribution is 2.27. The molecule has 2 heterocycles. The van der Waals surface area contributed by atoms with Gasteiger partial charge in [0.15, 0.2) is 0 Å². The second kappa shape index (κ2) is 5.45. The summed E-state index contributed by atoms with van der Waals surface area (Å²) in [5.74, 6) is 0. The fourth-order valence-corrected chi connectivity index (χ4v) is 3.42. The molecule has 0 spiro atoms. The highest BCUT2D eigenvalue weighted by atomic mass is 16.3. The predicted octanol–water partition coefficient (Wildman–Crippen LogP) is 4.27. The molecule has 132 valence electrons. The first-order chi connectivity index (χ1) is 13.0. The second-order valence-corrected chi connectivity index (χ2v) is 6.78. The molecule has 0 atom stereocenters. The molecule has 0 aliphatic carbocycles. The Kier molecular flexibility index (Phi) is 3.15. The molecule has 3 aromatic carbocycles. The lowest BCUT2D eigenvalue weighted by Gasteiger charge is -2.12. The predicted molar refractivity (Wildman–Crippen MR) is 108 cm³/mol. The third-order valence-electron chi connectivity index (χ3n) is 4.87. The lowest BCUT2D eigenvalue weighted by atomic mass is 10.1. The van der Waals surface area contributed by atoms with E-state index in [9.17, 15) is 9.59 Å². The molecular weight excluding hydrogens is 342 g/mol. The Morgan fingerprint density at radius 1 is 0.630 bits per heavy atom. The first kappa shape index (κ1) is 15.6. The zero-order chi connectivity index (χ0) is 18.7. The van der Waals surface area contributed by atoms with Gasteiger partial charge in [-0.3, -0.25) is 9.59 Å². The standard InChI is InChI=1S/C22H15NO4/c1-23(2)12-7-8-14-18(9-12)27-20-11-19-15(10-16(20)22(14)25)21(24)13-5-3-4-6-17(13)26-19/h3-11H,1-2H3. The van der Waals surface area contributed by atoms with E-state index in [0.717, 1.165) is 5.69 Å².